The number of nitrogens with zero attached hydrogens (tertiary/aromatic N) is 1. The van der Waals surface area contributed by atoms with Gasteiger partial charge in [0.05, 0.1) is 5.69 Å². The van der Waals surface area contributed by atoms with Gasteiger partial charge in [0, 0.05) is 21.8 Å². The highest BCUT2D eigenvalue weighted by molar-refractivity contribution is 9.10. The first-order chi connectivity index (χ1) is 8.15. The lowest BCUT2D eigenvalue weighted by atomic mass is 10.2. The van der Waals surface area contributed by atoms with Crippen molar-refractivity contribution in [2.75, 3.05) is 0 Å². The molecule has 1 aromatic carbocycles. The van der Waals surface area contributed by atoms with Crippen LogP contribution in [0.1, 0.15) is 17.0 Å². The van der Waals surface area contributed by atoms with Crippen LogP contribution in [0.5, 0.6) is 0 Å². The van der Waals surface area contributed by atoms with Crippen LogP contribution >= 0.6 is 15.9 Å². The molecule has 1 aromatic heterocycles. The normalized spacial score (nSPS) is 11.6. The zero-order chi connectivity index (χ0) is 12.3. The molecule has 2 rings (SSSR count). The van der Waals surface area contributed by atoms with Gasteiger partial charge < -0.3 is 0 Å². The molecule has 0 saturated heterocycles. The molecule has 0 fully saturated rings. The standard InChI is InChI=1S/C14H11BrFN/c1-10-4-2-7-13(17-10)9-14(16)11-5-3-6-12(15)8-11/h2-9H,1H3/b14-9-. The summed E-state index contributed by atoms with van der Waals surface area (Å²) in [5.41, 5.74) is 2.05. The molecular weight excluding hydrogens is 281 g/mol. The summed E-state index contributed by atoms with van der Waals surface area (Å²) in [6.45, 7) is 1.88. The van der Waals surface area contributed by atoms with Crippen molar-refractivity contribution in [2.45, 2.75) is 6.92 Å². The van der Waals surface area contributed by atoms with Crippen LogP contribution in [0.2, 0.25) is 0 Å². The van der Waals surface area contributed by atoms with E-state index in [1.165, 1.54) is 6.08 Å². The second-order valence-electron chi connectivity index (χ2n) is 3.71. The highest BCUT2D eigenvalue weighted by Gasteiger charge is 2.01. The summed E-state index contributed by atoms with van der Waals surface area (Å²) in [5, 5.41) is 0. The third kappa shape index (κ3) is 3.24. The molecule has 0 aliphatic rings. The minimum absolute atomic E-state index is 0.288. The number of rotatable bonds is 2. The largest absolute Gasteiger partial charge is 0.254 e. The molecule has 0 aliphatic heterocycles. The molecule has 1 heterocycles. The average molecular weight is 292 g/mol. The fourth-order valence-electron chi connectivity index (χ4n) is 1.49. The Kier molecular flexibility index (Phi) is 3.69. The Hall–Kier alpha value is -1.48. The van der Waals surface area contributed by atoms with Crippen LogP contribution in [-0.2, 0) is 0 Å². The lowest BCUT2D eigenvalue weighted by molar-refractivity contribution is 0.765. The summed E-state index contributed by atoms with van der Waals surface area (Å²) in [4.78, 5) is 4.23. The van der Waals surface area contributed by atoms with Crippen molar-refractivity contribution in [1.29, 1.82) is 0 Å². The summed E-state index contributed by atoms with van der Waals surface area (Å²) in [6.07, 6.45) is 1.44. The number of benzene rings is 1. The Balaban J connectivity index is 2.34. The van der Waals surface area contributed by atoms with Crippen molar-refractivity contribution in [1.82, 2.24) is 4.98 Å². The molecule has 86 valence electrons. The summed E-state index contributed by atoms with van der Waals surface area (Å²) < 4.78 is 14.8. The predicted octanol–water partition coefficient (Wildman–Crippen LogP) is 4.62. The molecule has 0 bridgehead atoms. The molecule has 3 heteroatoms. The minimum atomic E-state index is -0.288. The first-order valence-corrected chi connectivity index (χ1v) is 6.01. The number of pyridine rings is 1. The van der Waals surface area contributed by atoms with E-state index >= 15 is 0 Å². The van der Waals surface area contributed by atoms with E-state index in [1.54, 1.807) is 24.3 Å². The fourth-order valence-corrected chi connectivity index (χ4v) is 1.89. The van der Waals surface area contributed by atoms with Gasteiger partial charge in [0.25, 0.3) is 0 Å². The van der Waals surface area contributed by atoms with Gasteiger partial charge in [-0.05, 0) is 31.2 Å². The quantitative estimate of drug-likeness (QED) is 0.787. The minimum Gasteiger partial charge on any atom is -0.254 e. The van der Waals surface area contributed by atoms with E-state index in [-0.39, 0.29) is 5.83 Å². The third-order valence-electron chi connectivity index (χ3n) is 2.28. The van der Waals surface area contributed by atoms with E-state index in [4.69, 9.17) is 0 Å². The zero-order valence-corrected chi connectivity index (χ0v) is 10.9. The molecule has 1 nitrogen and oxygen atoms in total. The van der Waals surface area contributed by atoms with Crippen LogP contribution in [-0.4, -0.2) is 4.98 Å². The first-order valence-electron chi connectivity index (χ1n) is 5.22. The maximum Gasteiger partial charge on any atom is 0.132 e. The lowest BCUT2D eigenvalue weighted by Gasteiger charge is -2.00. The molecule has 2 aromatic rings. The molecule has 0 atom stereocenters. The fraction of sp³-hybridized carbons (Fsp3) is 0.0714. The van der Waals surface area contributed by atoms with E-state index in [0.29, 0.717) is 11.3 Å². The number of aromatic nitrogens is 1. The van der Waals surface area contributed by atoms with Crippen LogP contribution < -0.4 is 0 Å². The second-order valence-corrected chi connectivity index (χ2v) is 4.62. The maximum atomic E-state index is 13.9. The SMILES string of the molecule is Cc1cccc(/C=C(\F)c2cccc(Br)c2)n1. The molecule has 0 saturated carbocycles. The maximum absolute atomic E-state index is 13.9. The van der Waals surface area contributed by atoms with Gasteiger partial charge in [0.1, 0.15) is 5.83 Å². The van der Waals surface area contributed by atoms with E-state index in [9.17, 15) is 4.39 Å². The molecule has 0 radical (unpaired) electrons. The van der Waals surface area contributed by atoms with Crippen LogP contribution in [0.15, 0.2) is 46.9 Å². The van der Waals surface area contributed by atoms with Gasteiger partial charge in [0.15, 0.2) is 0 Å². The molecule has 0 aliphatic carbocycles. The Morgan fingerprint density at radius 2 is 2.00 bits per heavy atom. The van der Waals surface area contributed by atoms with E-state index in [2.05, 4.69) is 20.9 Å². The van der Waals surface area contributed by atoms with Crippen LogP contribution in [0, 0.1) is 6.92 Å². The van der Waals surface area contributed by atoms with Crippen molar-refractivity contribution in [3.05, 3.63) is 63.9 Å². The van der Waals surface area contributed by atoms with Gasteiger partial charge in [-0.1, -0.05) is 34.1 Å². The summed E-state index contributed by atoms with van der Waals surface area (Å²) in [5.74, 6) is -0.288. The molecule has 0 spiro atoms. The predicted molar refractivity (Wildman–Crippen MR) is 72.1 cm³/mol. The highest BCUT2D eigenvalue weighted by Crippen LogP contribution is 2.22. The lowest BCUT2D eigenvalue weighted by Crippen LogP contribution is -1.85. The van der Waals surface area contributed by atoms with Crippen molar-refractivity contribution >= 4 is 27.8 Å². The van der Waals surface area contributed by atoms with Crippen molar-refractivity contribution in [3.63, 3.8) is 0 Å². The van der Waals surface area contributed by atoms with Gasteiger partial charge in [-0.15, -0.1) is 0 Å². The Labute approximate surface area is 108 Å². The average Bonchev–Trinajstić information content (AvgIpc) is 2.29. The third-order valence-corrected chi connectivity index (χ3v) is 2.78. The van der Waals surface area contributed by atoms with Gasteiger partial charge in [0.2, 0.25) is 0 Å². The monoisotopic (exact) mass is 291 g/mol. The smallest absolute Gasteiger partial charge is 0.132 e. The topological polar surface area (TPSA) is 12.9 Å². The highest BCUT2D eigenvalue weighted by atomic mass is 79.9. The van der Waals surface area contributed by atoms with Crippen molar-refractivity contribution < 1.29 is 4.39 Å². The Morgan fingerprint density at radius 1 is 1.24 bits per heavy atom. The van der Waals surface area contributed by atoms with Gasteiger partial charge in [-0.25, -0.2) is 4.39 Å². The van der Waals surface area contributed by atoms with Crippen LogP contribution in [0.25, 0.3) is 11.9 Å². The number of hydrogen-bond donors (Lipinski definition) is 0. The van der Waals surface area contributed by atoms with Gasteiger partial charge >= 0.3 is 0 Å². The first kappa shape index (κ1) is 12.0. The van der Waals surface area contributed by atoms with Crippen molar-refractivity contribution in [3.8, 4) is 0 Å². The van der Waals surface area contributed by atoms with E-state index in [1.807, 2.05) is 25.1 Å². The zero-order valence-electron chi connectivity index (χ0n) is 9.32. The Bertz CT molecular complexity index is 564. The molecule has 0 unspecified atom stereocenters. The van der Waals surface area contributed by atoms with Gasteiger partial charge in [-0.2, -0.15) is 0 Å². The van der Waals surface area contributed by atoms with Crippen LogP contribution in [0.3, 0.4) is 0 Å². The number of halogens is 2. The molecule has 0 amide bonds. The molecule has 17 heavy (non-hydrogen) atoms. The molecule has 0 N–H and O–H groups in total. The van der Waals surface area contributed by atoms with Crippen LogP contribution in [0.4, 0.5) is 4.39 Å². The summed E-state index contributed by atoms with van der Waals surface area (Å²) >= 11 is 3.32. The van der Waals surface area contributed by atoms with E-state index in [0.717, 1.165) is 10.2 Å². The second kappa shape index (κ2) is 5.23. The molecular formula is C14H11BrFN. The summed E-state index contributed by atoms with van der Waals surface area (Å²) in [7, 11) is 0. The number of hydrogen-bond acceptors (Lipinski definition) is 1. The van der Waals surface area contributed by atoms with E-state index < -0.39 is 0 Å². The van der Waals surface area contributed by atoms with Gasteiger partial charge in [-0.3, -0.25) is 4.98 Å². The van der Waals surface area contributed by atoms with Crippen molar-refractivity contribution in [2.24, 2.45) is 0 Å². The Morgan fingerprint density at radius 3 is 2.71 bits per heavy atom. The summed E-state index contributed by atoms with van der Waals surface area (Å²) in [6, 6.07) is 12.7. The number of aryl methyl sites for hydroxylation is 1.